The van der Waals surface area contributed by atoms with Gasteiger partial charge in [-0.2, -0.15) is 4.99 Å². The lowest BCUT2D eigenvalue weighted by Crippen LogP contribution is -2.51. The fraction of sp³-hybridized carbons (Fsp3) is 0.571. The van der Waals surface area contributed by atoms with Gasteiger partial charge in [-0.25, -0.2) is 8.42 Å². The number of sulfone groups is 1. The molecule has 1 unspecified atom stereocenters. The molecular formula is C7H12N2O4S. The summed E-state index contributed by atoms with van der Waals surface area (Å²) in [7, 11) is -0.879. The average molecular weight is 220 g/mol. The minimum atomic E-state index is -3.53. The number of nitrogens with zero attached hydrogens (tertiary/aromatic N) is 1. The van der Waals surface area contributed by atoms with Crippen LogP contribution in [0.15, 0.2) is 17.3 Å². The van der Waals surface area contributed by atoms with Crippen LogP contribution >= 0.6 is 0 Å². The Morgan fingerprint density at radius 1 is 1.50 bits per heavy atom. The molecule has 0 bridgehead atoms. The van der Waals surface area contributed by atoms with Crippen molar-refractivity contribution in [2.45, 2.75) is 5.18 Å². The molecule has 6 nitrogen and oxygen atoms in total. The molecule has 1 aliphatic heterocycles. The second kappa shape index (κ2) is 3.58. The molecule has 1 aliphatic rings. The highest BCUT2D eigenvalue weighted by Crippen LogP contribution is 2.19. The molecule has 14 heavy (non-hydrogen) atoms. The Balaban J connectivity index is 3.17. The number of hydrogen-bond acceptors (Lipinski definition) is 6. The maximum Gasteiger partial charge on any atom is 0.346 e. The van der Waals surface area contributed by atoms with E-state index < -0.39 is 15.0 Å². The van der Waals surface area contributed by atoms with Crippen LogP contribution in [0.25, 0.3) is 0 Å². The first-order valence-corrected chi connectivity index (χ1v) is 5.67. The van der Waals surface area contributed by atoms with Crippen LogP contribution in [0.3, 0.4) is 0 Å². The van der Waals surface area contributed by atoms with Crippen LogP contribution < -0.4 is 5.32 Å². The van der Waals surface area contributed by atoms with E-state index in [0.717, 1.165) is 6.26 Å². The van der Waals surface area contributed by atoms with Crippen molar-refractivity contribution in [3.63, 3.8) is 0 Å². The molecule has 0 saturated heterocycles. The van der Waals surface area contributed by atoms with Crippen molar-refractivity contribution in [2.75, 3.05) is 20.5 Å². The molecule has 1 atom stereocenters. The van der Waals surface area contributed by atoms with Gasteiger partial charge in [0.2, 0.25) is 15.7 Å². The Labute approximate surface area is 82.5 Å². The zero-order chi connectivity index (χ0) is 10.8. The smallest absolute Gasteiger partial charge is 0.346 e. The summed E-state index contributed by atoms with van der Waals surface area (Å²) in [6.07, 6.45) is 3.94. The largest absolute Gasteiger partial charge is 0.481 e. The molecule has 0 spiro atoms. The normalized spacial score (nSPS) is 26.6. The lowest BCUT2D eigenvalue weighted by molar-refractivity contribution is 0.0488. The Morgan fingerprint density at radius 3 is 2.57 bits per heavy atom. The molecule has 0 radical (unpaired) electrons. The molecule has 0 aromatic heterocycles. The number of ether oxygens (including phenoxy) is 2. The second-order valence-corrected chi connectivity index (χ2v) is 4.79. The summed E-state index contributed by atoms with van der Waals surface area (Å²) in [6.45, 7) is 0. The third-order valence-corrected chi connectivity index (χ3v) is 3.12. The van der Waals surface area contributed by atoms with Crippen LogP contribution in [0.2, 0.25) is 0 Å². The van der Waals surface area contributed by atoms with Crippen LogP contribution in [-0.2, 0) is 19.3 Å². The second-order valence-electron chi connectivity index (χ2n) is 2.69. The van der Waals surface area contributed by atoms with Crippen molar-refractivity contribution in [3.05, 3.63) is 12.3 Å². The van der Waals surface area contributed by atoms with Crippen LogP contribution in [-0.4, -0.2) is 40.0 Å². The summed E-state index contributed by atoms with van der Waals surface area (Å²) in [5.74, 6) is 0.191. The minimum Gasteiger partial charge on any atom is -0.481 e. The maximum atomic E-state index is 11.4. The predicted octanol–water partition coefficient (Wildman–Crippen LogP) is -0.549. The van der Waals surface area contributed by atoms with Crippen molar-refractivity contribution in [1.29, 1.82) is 0 Å². The van der Waals surface area contributed by atoms with Gasteiger partial charge in [-0.15, -0.1) is 0 Å². The first-order valence-electron chi connectivity index (χ1n) is 3.78. The third-order valence-electron chi connectivity index (χ3n) is 1.74. The van der Waals surface area contributed by atoms with E-state index in [4.69, 9.17) is 9.47 Å². The number of hydrogen-bond donors (Lipinski definition) is 1. The number of aliphatic imine (C=N–C) groups is 1. The number of methoxy groups -OCH3 is 2. The summed E-state index contributed by atoms with van der Waals surface area (Å²) in [6, 6.07) is 0. The molecule has 80 valence electrons. The van der Waals surface area contributed by atoms with Gasteiger partial charge < -0.3 is 14.8 Å². The number of nitrogens with one attached hydrogen (secondary N) is 1. The fourth-order valence-corrected chi connectivity index (χ4v) is 1.83. The standard InChI is InChI=1S/C7H12N2O4S/c1-12-6-4-5-8-7(9-6,13-2)14(3,10)11/h4-5,8H,1-3H3. The van der Waals surface area contributed by atoms with Crippen molar-refractivity contribution in [3.8, 4) is 0 Å². The van der Waals surface area contributed by atoms with E-state index in [1.54, 1.807) is 0 Å². The first kappa shape index (κ1) is 11.0. The predicted molar refractivity (Wildman–Crippen MR) is 51.3 cm³/mol. The summed E-state index contributed by atoms with van der Waals surface area (Å²) in [4.78, 5) is 3.81. The highest BCUT2D eigenvalue weighted by molar-refractivity contribution is 7.91. The molecule has 1 heterocycles. The van der Waals surface area contributed by atoms with Gasteiger partial charge in [0.15, 0.2) is 0 Å². The summed E-state index contributed by atoms with van der Waals surface area (Å²) in [5.41, 5.74) is 0. The van der Waals surface area contributed by atoms with Gasteiger partial charge in [-0.3, -0.25) is 0 Å². The Morgan fingerprint density at radius 2 is 2.14 bits per heavy atom. The van der Waals surface area contributed by atoms with Crippen molar-refractivity contribution < 1.29 is 17.9 Å². The molecule has 0 amide bonds. The van der Waals surface area contributed by atoms with Crippen molar-refractivity contribution in [1.82, 2.24) is 5.32 Å². The molecule has 0 fully saturated rings. The summed E-state index contributed by atoms with van der Waals surface area (Å²) in [5, 5.41) is 0.758. The quantitative estimate of drug-likeness (QED) is 0.675. The van der Waals surface area contributed by atoms with E-state index in [9.17, 15) is 8.42 Å². The molecule has 1 rings (SSSR count). The highest BCUT2D eigenvalue weighted by atomic mass is 32.2. The van der Waals surface area contributed by atoms with Gasteiger partial charge in [0.05, 0.1) is 7.11 Å². The van der Waals surface area contributed by atoms with E-state index in [1.165, 1.54) is 26.5 Å². The van der Waals surface area contributed by atoms with Crippen LogP contribution in [0.4, 0.5) is 0 Å². The molecule has 0 aromatic rings. The van der Waals surface area contributed by atoms with Crippen LogP contribution in [0.1, 0.15) is 0 Å². The topological polar surface area (TPSA) is 77.0 Å². The van der Waals surface area contributed by atoms with Gasteiger partial charge in [0.1, 0.15) is 0 Å². The van der Waals surface area contributed by atoms with E-state index in [-0.39, 0.29) is 5.90 Å². The van der Waals surface area contributed by atoms with Crippen LogP contribution in [0.5, 0.6) is 0 Å². The zero-order valence-corrected chi connectivity index (χ0v) is 8.96. The molecule has 0 aliphatic carbocycles. The summed E-state index contributed by atoms with van der Waals surface area (Å²) >= 11 is 0. The van der Waals surface area contributed by atoms with E-state index in [0.29, 0.717) is 0 Å². The van der Waals surface area contributed by atoms with Gasteiger partial charge in [0, 0.05) is 25.6 Å². The average Bonchev–Trinajstić information content (AvgIpc) is 2.16. The van der Waals surface area contributed by atoms with E-state index >= 15 is 0 Å². The Hall–Kier alpha value is -1.08. The third kappa shape index (κ3) is 1.73. The molecular weight excluding hydrogens is 208 g/mol. The summed E-state index contributed by atoms with van der Waals surface area (Å²) < 4.78 is 32.5. The minimum absolute atomic E-state index is 0.191. The highest BCUT2D eigenvalue weighted by Gasteiger charge is 2.42. The Bertz CT molecular complexity index is 373. The lowest BCUT2D eigenvalue weighted by atomic mass is 10.5. The van der Waals surface area contributed by atoms with Gasteiger partial charge in [0.25, 0.3) is 0 Å². The number of rotatable bonds is 2. The van der Waals surface area contributed by atoms with Crippen molar-refractivity contribution >= 4 is 15.7 Å². The first-order chi connectivity index (χ1) is 6.45. The molecule has 0 saturated carbocycles. The monoisotopic (exact) mass is 220 g/mol. The molecule has 7 heteroatoms. The van der Waals surface area contributed by atoms with Crippen LogP contribution in [0, 0.1) is 0 Å². The Kier molecular flexibility index (Phi) is 2.81. The zero-order valence-electron chi connectivity index (χ0n) is 8.14. The van der Waals surface area contributed by atoms with E-state index in [2.05, 4.69) is 10.3 Å². The fourth-order valence-electron chi connectivity index (χ4n) is 0.992. The van der Waals surface area contributed by atoms with Gasteiger partial charge in [-0.05, 0) is 0 Å². The molecule has 1 N–H and O–H groups in total. The lowest BCUT2D eigenvalue weighted by Gasteiger charge is -2.28. The van der Waals surface area contributed by atoms with E-state index in [1.807, 2.05) is 0 Å². The van der Waals surface area contributed by atoms with Gasteiger partial charge >= 0.3 is 5.18 Å². The SMILES string of the molecule is COC1=NC(OC)(S(C)(=O)=O)NC=C1. The van der Waals surface area contributed by atoms with Gasteiger partial charge in [-0.1, -0.05) is 0 Å². The molecule has 0 aromatic carbocycles. The maximum absolute atomic E-state index is 11.4. The van der Waals surface area contributed by atoms with Crippen molar-refractivity contribution in [2.24, 2.45) is 4.99 Å².